The van der Waals surface area contributed by atoms with Gasteiger partial charge in [0.05, 0.1) is 6.61 Å². The zero-order valence-electron chi connectivity index (χ0n) is 16.5. The Bertz CT molecular complexity index is 733. The van der Waals surface area contributed by atoms with E-state index in [-0.39, 0.29) is 5.91 Å². The van der Waals surface area contributed by atoms with Gasteiger partial charge in [0, 0.05) is 65.2 Å². The van der Waals surface area contributed by atoms with Crippen LogP contribution in [0.4, 0.5) is 5.69 Å². The number of benzene rings is 2. The fraction of sp³-hybridized carbons (Fsp3) is 0.409. The van der Waals surface area contributed by atoms with Crippen molar-refractivity contribution < 1.29 is 9.53 Å². The second-order valence-corrected chi connectivity index (χ2v) is 7.15. The number of carbonyl (C=O) groups excluding carboxylic acids is 1. The number of rotatable bonds is 6. The summed E-state index contributed by atoms with van der Waals surface area (Å²) in [5.41, 5.74) is 4.22. The van der Waals surface area contributed by atoms with Crippen LogP contribution in [-0.4, -0.2) is 76.2 Å². The summed E-state index contributed by atoms with van der Waals surface area (Å²) in [4.78, 5) is 19.1. The summed E-state index contributed by atoms with van der Waals surface area (Å²) in [6, 6.07) is 16.4. The van der Waals surface area contributed by atoms with Crippen LogP contribution in [-0.2, 0) is 4.74 Å². The molecule has 144 valence electrons. The molecule has 1 amide bonds. The van der Waals surface area contributed by atoms with E-state index >= 15 is 0 Å². The minimum absolute atomic E-state index is 0.121. The Kier molecular flexibility index (Phi) is 6.48. The molecule has 1 aliphatic rings. The fourth-order valence-electron chi connectivity index (χ4n) is 3.33. The summed E-state index contributed by atoms with van der Waals surface area (Å²) in [6.45, 7) is 5.04. The highest BCUT2D eigenvalue weighted by molar-refractivity contribution is 5.94. The summed E-state index contributed by atoms with van der Waals surface area (Å²) >= 11 is 0. The van der Waals surface area contributed by atoms with Crippen LogP contribution in [0.5, 0.6) is 0 Å². The van der Waals surface area contributed by atoms with Gasteiger partial charge in [-0.3, -0.25) is 9.69 Å². The van der Waals surface area contributed by atoms with E-state index in [4.69, 9.17) is 4.74 Å². The van der Waals surface area contributed by atoms with Crippen molar-refractivity contribution in [3.63, 3.8) is 0 Å². The third-order valence-electron chi connectivity index (χ3n) is 5.12. The van der Waals surface area contributed by atoms with Crippen LogP contribution in [0.25, 0.3) is 11.1 Å². The first kappa shape index (κ1) is 19.4. The molecule has 2 aromatic rings. The van der Waals surface area contributed by atoms with Crippen molar-refractivity contribution in [2.24, 2.45) is 0 Å². The summed E-state index contributed by atoms with van der Waals surface area (Å²) < 4.78 is 5.13. The molecule has 0 unspecified atom stereocenters. The molecule has 3 rings (SSSR count). The molecule has 27 heavy (non-hydrogen) atoms. The maximum Gasteiger partial charge on any atom is 0.253 e. The van der Waals surface area contributed by atoms with Crippen LogP contribution in [0.2, 0.25) is 0 Å². The van der Waals surface area contributed by atoms with E-state index in [1.54, 1.807) is 7.11 Å². The van der Waals surface area contributed by atoms with Crippen molar-refractivity contribution in [1.82, 2.24) is 9.80 Å². The van der Waals surface area contributed by atoms with Crippen LogP contribution in [0.3, 0.4) is 0 Å². The molecule has 5 nitrogen and oxygen atoms in total. The van der Waals surface area contributed by atoms with E-state index in [9.17, 15) is 4.79 Å². The number of methoxy groups -OCH3 is 1. The van der Waals surface area contributed by atoms with E-state index < -0.39 is 0 Å². The minimum atomic E-state index is 0.121. The number of piperazine rings is 1. The Morgan fingerprint density at radius 1 is 0.926 bits per heavy atom. The largest absolute Gasteiger partial charge is 0.383 e. The first-order valence-corrected chi connectivity index (χ1v) is 9.47. The van der Waals surface area contributed by atoms with Gasteiger partial charge in [-0.15, -0.1) is 0 Å². The van der Waals surface area contributed by atoms with Crippen molar-refractivity contribution in [2.45, 2.75) is 0 Å². The first-order valence-electron chi connectivity index (χ1n) is 9.47. The van der Waals surface area contributed by atoms with Gasteiger partial charge in [-0.2, -0.15) is 0 Å². The number of ether oxygens (including phenoxy) is 1. The lowest BCUT2D eigenvalue weighted by atomic mass is 10.0. The normalized spacial score (nSPS) is 15.0. The van der Waals surface area contributed by atoms with Crippen molar-refractivity contribution in [2.75, 3.05) is 65.4 Å². The van der Waals surface area contributed by atoms with Gasteiger partial charge < -0.3 is 14.5 Å². The fourth-order valence-corrected chi connectivity index (χ4v) is 3.33. The average Bonchev–Trinajstić information content (AvgIpc) is 2.72. The van der Waals surface area contributed by atoms with Crippen LogP contribution < -0.4 is 4.90 Å². The lowest BCUT2D eigenvalue weighted by Crippen LogP contribution is -2.49. The lowest BCUT2D eigenvalue weighted by molar-refractivity contribution is 0.0594. The third kappa shape index (κ3) is 4.87. The molecule has 0 aromatic heterocycles. The summed E-state index contributed by atoms with van der Waals surface area (Å²) in [5, 5.41) is 0. The number of carbonyl (C=O) groups is 1. The third-order valence-corrected chi connectivity index (χ3v) is 5.12. The smallest absolute Gasteiger partial charge is 0.253 e. The molecule has 1 aliphatic heterocycles. The van der Waals surface area contributed by atoms with Gasteiger partial charge >= 0.3 is 0 Å². The molecule has 0 bridgehead atoms. The predicted molar refractivity (Wildman–Crippen MR) is 110 cm³/mol. The number of nitrogens with zero attached hydrogens (tertiary/aromatic N) is 3. The summed E-state index contributed by atoms with van der Waals surface area (Å²) in [6.07, 6.45) is 0. The Labute approximate surface area is 162 Å². The van der Waals surface area contributed by atoms with Gasteiger partial charge in [-0.25, -0.2) is 0 Å². The highest BCUT2D eigenvalue weighted by Crippen LogP contribution is 2.23. The maximum absolute atomic E-state index is 12.8. The van der Waals surface area contributed by atoms with Gasteiger partial charge in [0.2, 0.25) is 0 Å². The van der Waals surface area contributed by atoms with Crippen LogP contribution in [0, 0.1) is 0 Å². The average molecular weight is 367 g/mol. The maximum atomic E-state index is 12.8. The molecule has 0 N–H and O–H groups in total. The van der Waals surface area contributed by atoms with E-state index in [1.165, 1.54) is 5.69 Å². The molecule has 1 fully saturated rings. The van der Waals surface area contributed by atoms with Gasteiger partial charge in [0.1, 0.15) is 0 Å². The topological polar surface area (TPSA) is 36.0 Å². The molecular weight excluding hydrogens is 338 g/mol. The Morgan fingerprint density at radius 3 is 2.00 bits per heavy atom. The van der Waals surface area contributed by atoms with Crippen molar-refractivity contribution >= 4 is 11.6 Å². The van der Waals surface area contributed by atoms with E-state index in [0.29, 0.717) is 0 Å². The quantitative estimate of drug-likeness (QED) is 0.787. The summed E-state index contributed by atoms with van der Waals surface area (Å²) in [5.74, 6) is 0.121. The Hall–Kier alpha value is -2.37. The zero-order chi connectivity index (χ0) is 19.2. The van der Waals surface area contributed by atoms with Crippen molar-refractivity contribution in [1.29, 1.82) is 0 Å². The zero-order valence-corrected chi connectivity index (χ0v) is 16.5. The number of anilines is 1. The van der Waals surface area contributed by atoms with Crippen molar-refractivity contribution in [3.05, 3.63) is 54.1 Å². The van der Waals surface area contributed by atoms with E-state index in [1.807, 2.05) is 43.3 Å². The molecule has 0 spiro atoms. The number of amides is 1. The van der Waals surface area contributed by atoms with Crippen molar-refractivity contribution in [3.8, 4) is 11.1 Å². The molecule has 5 heteroatoms. The molecule has 2 aromatic carbocycles. The Balaban J connectivity index is 1.61. The van der Waals surface area contributed by atoms with Gasteiger partial charge in [0.25, 0.3) is 5.91 Å². The molecule has 0 saturated carbocycles. The van der Waals surface area contributed by atoms with E-state index in [2.05, 4.69) is 34.1 Å². The highest BCUT2D eigenvalue weighted by Gasteiger charge is 2.21. The molecule has 1 heterocycles. The molecule has 0 atom stereocenters. The van der Waals surface area contributed by atoms with E-state index in [0.717, 1.165) is 56.0 Å². The lowest BCUT2D eigenvalue weighted by Gasteiger charge is -2.34. The monoisotopic (exact) mass is 367 g/mol. The standard InChI is InChI=1S/C22H29N3O2/c1-23(2)21-10-8-19(9-11-21)18-4-6-20(7-5-18)22(26)25-14-12-24(13-15-25)16-17-27-3/h4-11H,12-17H2,1-3H3. The molecule has 1 saturated heterocycles. The highest BCUT2D eigenvalue weighted by atomic mass is 16.5. The number of hydrogen-bond acceptors (Lipinski definition) is 4. The van der Waals surface area contributed by atoms with Crippen LogP contribution in [0.1, 0.15) is 10.4 Å². The van der Waals surface area contributed by atoms with Gasteiger partial charge in [-0.05, 0) is 35.4 Å². The molecule has 0 radical (unpaired) electrons. The minimum Gasteiger partial charge on any atom is -0.383 e. The predicted octanol–water partition coefficient (Wildman–Crippen LogP) is 2.82. The SMILES string of the molecule is COCCN1CCN(C(=O)c2ccc(-c3ccc(N(C)C)cc3)cc2)CC1. The Morgan fingerprint density at radius 2 is 1.48 bits per heavy atom. The van der Waals surface area contributed by atoms with Crippen LogP contribution >= 0.6 is 0 Å². The number of hydrogen-bond donors (Lipinski definition) is 0. The van der Waals surface area contributed by atoms with Gasteiger partial charge in [-0.1, -0.05) is 24.3 Å². The van der Waals surface area contributed by atoms with Crippen LogP contribution in [0.15, 0.2) is 48.5 Å². The summed E-state index contributed by atoms with van der Waals surface area (Å²) in [7, 11) is 5.79. The second-order valence-electron chi connectivity index (χ2n) is 7.15. The second kappa shape index (κ2) is 9.02. The molecule has 0 aliphatic carbocycles. The molecular formula is C22H29N3O2. The van der Waals surface area contributed by atoms with Gasteiger partial charge in [0.15, 0.2) is 0 Å². The first-order chi connectivity index (χ1) is 13.1.